The van der Waals surface area contributed by atoms with Crippen molar-refractivity contribution in [3.63, 3.8) is 0 Å². The molecule has 6 nitrogen and oxygen atoms in total. The highest BCUT2D eigenvalue weighted by atomic mass is 32.2. The fourth-order valence-electron chi connectivity index (χ4n) is 2.41. The van der Waals surface area contributed by atoms with E-state index in [4.69, 9.17) is 13.9 Å². The Kier molecular flexibility index (Phi) is 6.14. The molecule has 3 rings (SSSR count). The second kappa shape index (κ2) is 8.73. The normalized spacial score (nSPS) is 11.0. The summed E-state index contributed by atoms with van der Waals surface area (Å²) in [4.78, 5) is 0. The van der Waals surface area contributed by atoms with Crippen LogP contribution in [0.25, 0.3) is 11.4 Å². The van der Waals surface area contributed by atoms with Gasteiger partial charge in [-0.1, -0.05) is 23.9 Å². The minimum absolute atomic E-state index is 0.573. The summed E-state index contributed by atoms with van der Waals surface area (Å²) in [6, 6.07) is 11.6. The van der Waals surface area contributed by atoms with Crippen molar-refractivity contribution in [2.75, 3.05) is 26.1 Å². The van der Waals surface area contributed by atoms with Gasteiger partial charge in [-0.15, -0.1) is 10.2 Å². The van der Waals surface area contributed by atoms with Gasteiger partial charge >= 0.3 is 0 Å². The van der Waals surface area contributed by atoms with E-state index >= 15 is 0 Å². The highest BCUT2D eigenvalue weighted by Crippen LogP contribution is 2.27. The minimum Gasteiger partial charge on any atom is -0.497 e. The van der Waals surface area contributed by atoms with Gasteiger partial charge in [-0.2, -0.15) is 0 Å². The van der Waals surface area contributed by atoms with Crippen molar-refractivity contribution in [2.24, 2.45) is 0 Å². The van der Waals surface area contributed by atoms with Gasteiger partial charge in [0.25, 0.3) is 0 Å². The summed E-state index contributed by atoms with van der Waals surface area (Å²) in [5.74, 6) is 3.25. The van der Waals surface area contributed by atoms with E-state index < -0.39 is 0 Å². The van der Waals surface area contributed by atoms with Gasteiger partial charge in [0, 0.05) is 17.9 Å². The van der Waals surface area contributed by atoms with E-state index in [-0.39, 0.29) is 0 Å². The number of benzene rings is 1. The zero-order valence-electron chi connectivity index (χ0n) is 14.3. The molecular weight excluding hydrogens is 338 g/mol. The molecule has 132 valence electrons. The molecule has 0 spiro atoms. The fourth-order valence-corrected chi connectivity index (χ4v) is 3.20. The standard InChI is InChI=1S/C18H21N3O3S/c1-3-23-10-11-25-18-20-19-17(14-6-4-7-15(12-14)22-2)21(18)13-16-8-5-9-24-16/h4-9,12H,3,10-11,13H2,1-2H3. The molecule has 2 heterocycles. The number of rotatable bonds is 9. The number of nitrogens with zero attached hydrogens (tertiary/aromatic N) is 3. The monoisotopic (exact) mass is 359 g/mol. The average molecular weight is 359 g/mol. The predicted octanol–water partition coefficient (Wildman–Crippen LogP) is 3.72. The third-order valence-electron chi connectivity index (χ3n) is 3.60. The molecule has 0 unspecified atom stereocenters. The zero-order valence-corrected chi connectivity index (χ0v) is 15.2. The highest BCUT2D eigenvalue weighted by Gasteiger charge is 2.16. The van der Waals surface area contributed by atoms with Crippen molar-refractivity contribution in [3.8, 4) is 17.1 Å². The van der Waals surface area contributed by atoms with Crippen molar-refractivity contribution in [3.05, 3.63) is 48.4 Å². The third-order valence-corrected chi connectivity index (χ3v) is 4.53. The van der Waals surface area contributed by atoms with E-state index in [2.05, 4.69) is 14.8 Å². The maximum Gasteiger partial charge on any atom is 0.192 e. The van der Waals surface area contributed by atoms with Crippen molar-refractivity contribution in [1.29, 1.82) is 0 Å². The Hall–Kier alpha value is -2.25. The number of thioether (sulfide) groups is 1. The van der Waals surface area contributed by atoms with E-state index in [1.165, 1.54) is 0 Å². The lowest BCUT2D eigenvalue weighted by atomic mass is 10.2. The highest BCUT2D eigenvalue weighted by molar-refractivity contribution is 7.99. The van der Waals surface area contributed by atoms with Crippen LogP contribution in [-0.2, 0) is 11.3 Å². The molecule has 0 fully saturated rings. The molecule has 0 N–H and O–H groups in total. The lowest BCUT2D eigenvalue weighted by molar-refractivity contribution is 0.164. The van der Waals surface area contributed by atoms with Crippen LogP contribution in [-0.4, -0.2) is 40.8 Å². The van der Waals surface area contributed by atoms with Gasteiger partial charge in [-0.25, -0.2) is 0 Å². The number of furan rings is 1. The molecule has 7 heteroatoms. The molecule has 0 saturated carbocycles. The molecule has 25 heavy (non-hydrogen) atoms. The van der Waals surface area contributed by atoms with Crippen LogP contribution in [0.15, 0.2) is 52.2 Å². The van der Waals surface area contributed by atoms with Gasteiger partial charge in [0.2, 0.25) is 0 Å². The van der Waals surface area contributed by atoms with E-state index in [0.29, 0.717) is 19.8 Å². The molecular formula is C18H21N3O3S. The number of ether oxygens (including phenoxy) is 2. The Morgan fingerprint density at radius 2 is 2.12 bits per heavy atom. The van der Waals surface area contributed by atoms with Gasteiger partial charge in [-0.05, 0) is 31.2 Å². The Morgan fingerprint density at radius 3 is 2.88 bits per heavy atom. The van der Waals surface area contributed by atoms with E-state index in [1.54, 1.807) is 25.1 Å². The first kappa shape index (κ1) is 17.6. The van der Waals surface area contributed by atoms with E-state index in [9.17, 15) is 0 Å². The molecule has 1 aromatic carbocycles. The van der Waals surface area contributed by atoms with Crippen molar-refractivity contribution in [2.45, 2.75) is 18.6 Å². The average Bonchev–Trinajstić information content (AvgIpc) is 3.29. The number of hydrogen-bond donors (Lipinski definition) is 0. The first-order valence-electron chi connectivity index (χ1n) is 8.12. The summed E-state index contributed by atoms with van der Waals surface area (Å²) < 4.78 is 18.3. The summed E-state index contributed by atoms with van der Waals surface area (Å²) in [5.41, 5.74) is 0.954. The van der Waals surface area contributed by atoms with Crippen LogP contribution >= 0.6 is 11.8 Å². The van der Waals surface area contributed by atoms with Gasteiger partial charge in [0.1, 0.15) is 11.5 Å². The first-order chi connectivity index (χ1) is 12.3. The molecule has 0 aliphatic rings. The lowest BCUT2D eigenvalue weighted by Gasteiger charge is -2.09. The van der Waals surface area contributed by atoms with Crippen LogP contribution in [0.2, 0.25) is 0 Å². The smallest absolute Gasteiger partial charge is 0.192 e. The van der Waals surface area contributed by atoms with Crippen LogP contribution < -0.4 is 4.74 Å². The zero-order chi connectivity index (χ0) is 17.5. The quantitative estimate of drug-likeness (QED) is 0.429. The molecule has 0 radical (unpaired) electrons. The Labute approximate surface area is 151 Å². The minimum atomic E-state index is 0.573. The Bertz CT molecular complexity index is 787. The number of aromatic nitrogens is 3. The van der Waals surface area contributed by atoms with Crippen molar-refractivity contribution < 1.29 is 13.9 Å². The van der Waals surface area contributed by atoms with E-state index in [1.807, 2.05) is 43.3 Å². The van der Waals surface area contributed by atoms with Crippen molar-refractivity contribution in [1.82, 2.24) is 14.8 Å². The summed E-state index contributed by atoms with van der Waals surface area (Å²) in [5, 5.41) is 9.60. The third kappa shape index (κ3) is 4.43. The molecule has 0 amide bonds. The molecule has 2 aromatic heterocycles. The second-order valence-electron chi connectivity index (χ2n) is 5.25. The summed E-state index contributed by atoms with van der Waals surface area (Å²) in [6.07, 6.45) is 1.67. The maximum absolute atomic E-state index is 5.51. The molecule has 0 atom stereocenters. The second-order valence-corrected chi connectivity index (χ2v) is 6.31. The SMILES string of the molecule is CCOCCSc1nnc(-c2cccc(OC)c2)n1Cc1ccco1. The van der Waals surface area contributed by atoms with E-state index in [0.717, 1.165) is 33.8 Å². The van der Waals surface area contributed by atoms with Crippen LogP contribution in [0.3, 0.4) is 0 Å². The maximum atomic E-state index is 5.51. The lowest BCUT2D eigenvalue weighted by Crippen LogP contribution is -2.05. The molecule has 0 saturated heterocycles. The molecule has 0 aliphatic heterocycles. The predicted molar refractivity (Wildman–Crippen MR) is 97.0 cm³/mol. The van der Waals surface area contributed by atoms with Gasteiger partial charge in [0.15, 0.2) is 11.0 Å². The van der Waals surface area contributed by atoms with Crippen LogP contribution in [0, 0.1) is 0 Å². The largest absolute Gasteiger partial charge is 0.497 e. The summed E-state index contributed by atoms with van der Waals surface area (Å²) in [6.45, 7) is 3.96. The van der Waals surface area contributed by atoms with Crippen molar-refractivity contribution >= 4 is 11.8 Å². The molecule has 0 aliphatic carbocycles. The number of methoxy groups -OCH3 is 1. The van der Waals surface area contributed by atoms with Gasteiger partial charge < -0.3 is 13.9 Å². The van der Waals surface area contributed by atoms with Gasteiger partial charge in [0.05, 0.1) is 26.5 Å². The van der Waals surface area contributed by atoms with Crippen LogP contribution in [0.4, 0.5) is 0 Å². The van der Waals surface area contributed by atoms with Crippen LogP contribution in [0.1, 0.15) is 12.7 Å². The van der Waals surface area contributed by atoms with Gasteiger partial charge in [-0.3, -0.25) is 4.57 Å². The first-order valence-corrected chi connectivity index (χ1v) is 9.11. The molecule has 0 bridgehead atoms. The van der Waals surface area contributed by atoms with Crippen LogP contribution in [0.5, 0.6) is 5.75 Å². The topological polar surface area (TPSA) is 62.3 Å². The molecule has 3 aromatic rings. The Morgan fingerprint density at radius 1 is 1.20 bits per heavy atom. The Balaban J connectivity index is 1.89. The number of hydrogen-bond acceptors (Lipinski definition) is 6. The summed E-state index contributed by atoms with van der Waals surface area (Å²) in [7, 11) is 1.65. The fraction of sp³-hybridized carbons (Fsp3) is 0.333. The summed E-state index contributed by atoms with van der Waals surface area (Å²) >= 11 is 1.63.